The van der Waals surface area contributed by atoms with Gasteiger partial charge in [0, 0.05) is 26.1 Å². The molecule has 15 heavy (non-hydrogen) atoms. The van der Waals surface area contributed by atoms with Crippen LogP contribution < -0.4 is 5.73 Å². The van der Waals surface area contributed by atoms with Gasteiger partial charge in [-0.1, -0.05) is 0 Å². The molecule has 2 heterocycles. The first-order valence-electron chi connectivity index (χ1n) is 5.45. The number of nitrogens with zero attached hydrogens (tertiary/aromatic N) is 1. The van der Waals surface area contributed by atoms with E-state index in [9.17, 15) is 9.90 Å². The zero-order valence-corrected chi connectivity index (χ0v) is 8.82. The van der Waals surface area contributed by atoms with E-state index in [1.54, 1.807) is 4.90 Å². The van der Waals surface area contributed by atoms with Crippen molar-refractivity contribution >= 4 is 5.91 Å². The molecule has 2 unspecified atom stereocenters. The van der Waals surface area contributed by atoms with Crippen LogP contribution in [0.1, 0.15) is 19.3 Å². The fraction of sp³-hybridized carbons (Fsp3) is 0.900. The second kappa shape index (κ2) is 4.08. The molecule has 2 atom stereocenters. The topological polar surface area (TPSA) is 75.8 Å². The zero-order chi connectivity index (χ0) is 10.9. The first kappa shape index (κ1) is 10.9. The third-order valence-electron chi connectivity index (χ3n) is 3.31. The zero-order valence-electron chi connectivity index (χ0n) is 8.82. The number of nitrogens with two attached hydrogens (primary N) is 1. The summed E-state index contributed by atoms with van der Waals surface area (Å²) in [4.78, 5) is 13.1. The van der Waals surface area contributed by atoms with Gasteiger partial charge in [-0.15, -0.1) is 0 Å². The largest absolute Gasteiger partial charge is 0.393 e. The number of carbonyl (C=O) groups is 1. The third kappa shape index (κ3) is 2.14. The van der Waals surface area contributed by atoms with Crippen LogP contribution in [-0.2, 0) is 9.53 Å². The first-order chi connectivity index (χ1) is 7.15. The van der Waals surface area contributed by atoms with Crippen LogP contribution in [0, 0.1) is 0 Å². The van der Waals surface area contributed by atoms with Crippen LogP contribution in [0.25, 0.3) is 0 Å². The lowest BCUT2D eigenvalue weighted by Crippen LogP contribution is -2.45. The summed E-state index contributed by atoms with van der Waals surface area (Å²) in [5, 5.41) is 9.61. The molecule has 1 amide bonds. The number of hydrogen-bond acceptors (Lipinski definition) is 4. The van der Waals surface area contributed by atoms with Crippen LogP contribution in [0.15, 0.2) is 0 Å². The van der Waals surface area contributed by atoms with Crippen LogP contribution in [0.3, 0.4) is 0 Å². The highest BCUT2D eigenvalue weighted by molar-refractivity contribution is 5.78. The molecule has 2 rings (SSSR count). The lowest BCUT2D eigenvalue weighted by atomic mass is 9.91. The van der Waals surface area contributed by atoms with Gasteiger partial charge >= 0.3 is 0 Å². The summed E-state index contributed by atoms with van der Waals surface area (Å²) in [6.45, 7) is 1.92. The molecule has 2 fully saturated rings. The Morgan fingerprint density at radius 2 is 2.47 bits per heavy atom. The van der Waals surface area contributed by atoms with Crippen LogP contribution in [0.2, 0.25) is 0 Å². The van der Waals surface area contributed by atoms with Gasteiger partial charge in [-0.3, -0.25) is 4.79 Å². The quantitative estimate of drug-likeness (QED) is 0.592. The SMILES string of the molecule is NCC(=O)N1CCC2(CC(O)CCO2)C1. The van der Waals surface area contributed by atoms with Crippen molar-refractivity contribution in [3.05, 3.63) is 0 Å². The molecular weight excluding hydrogens is 196 g/mol. The number of ether oxygens (including phenoxy) is 1. The molecule has 0 bridgehead atoms. The van der Waals surface area contributed by atoms with Gasteiger partial charge in [0.25, 0.3) is 0 Å². The summed E-state index contributed by atoms with van der Waals surface area (Å²) in [6, 6.07) is 0. The maximum absolute atomic E-state index is 11.4. The molecule has 86 valence electrons. The molecule has 1 spiro atoms. The van der Waals surface area contributed by atoms with Gasteiger partial charge in [-0.05, 0) is 12.8 Å². The molecule has 2 aliphatic rings. The number of likely N-dealkylation sites (tertiary alicyclic amines) is 1. The van der Waals surface area contributed by atoms with E-state index in [1.807, 2.05) is 0 Å². The highest BCUT2D eigenvalue weighted by Gasteiger charge is 2.43. The highest BCUT2D eigenvalue weighted by atomic mass is 16.5. The van der Waals surface area contributed by atoms with Gasteiger partial charge in [0.05, 0.1) is 18.2 Å². The summed E-state index contributed by atoms with van der Waals surface area (Å²) < 4.78 is 5.73. The number of aliphatic hydroxyl groups is 1. The molecule has 0 aromatic heterocycles. The fourth-order valence-corrected chi connectivity index (χ4v) is 2.47. The summed E-state index contributed by atoms with van der Waals surface area (Å²) in [5.41, 5.74) is 5.01. The van der Waals surface area contributed by atoms with Crippen molar-refractivity contribution in [3.8, 4) is 0 Å². The van der Waals surface area contributed by atoms with Crippen molar-refractivity contribution in [2.75, 3.05) is 26.2 Å². The van der Waals surface area contributed by atoms with E-state index in [2.05, 4.69) is 0 Å². The van der Waals surface area contributed by atoms with Gasteiger partial charge in [-0.25, -0.2) is 0 Å². The lowest BCUT2D eigenvalue weighted by Gasteiger charge is -2.36. The van der Waals surface area contributed by atoms with Gasteiger partial charge in [-0.2, -0.15) is 0 Å². The van der Waals surface area contributed by atoms with Crippen molar-refractivity contribution in [2.24, 2.45) is 5.73 Å². The van der Waals surface area contributed by atoms with Crippen molar-refractivity contribution in [1.82, 2.24) is 4.90 Å². The Morgan fingerprint density at radius 3 is 3.13 bits per heavy atom. The van der Waals surface area contributed by atoms with Crippen molar-refractivity contribution in [1.29, 1.82) is 0 Å². The Labute approximate surface area is 89.2 Å². The lowest BCUT2D eigenvalue weighted by molar-refractivity contribution is -0.134. The van der Waals surface area contributed by atoms with Gasteiger partial charge < -0.3 is 20.5 Å². The standard InChI is InChI=1S/C10H18N2O3/c11-6-9(14)12-3-2-10(7-12)5-8(13)1-4-15-10/h8,13H,1-7,11H2. The number of amides is 1. The molecule has 5 heteroatoms. The fourth-order valence-electron chi connectivity index (χ4n) is 2.47. The maximum Gasteiger partial charge on any atom is 0.236 e. The molecule has 0 aromatic rings. The van der Waals surface area contributed by atoms with Gasteiger partial charge in [0.1, 0.15) is 0 Å². The van der Waals surface area contributed by atoms with E-state index >= 15 is 0 Å². The molecule has 0 aliphatic carbocycles. The van der Waals surface area contributed by atoms with Crippen molar-refractivity contribution in [3.63, 3.8) is 0 Å². The summed E-state index contributed by atoms with van der Waals surface area (Å²) >= 11 is 0. The predicted molar refractivity (Wildman–Crippen MR) is 54.2 cm³/mol. The predicted octanol–water partition coefficient (Wildman–Crippen LogP) is -0.912. The molecular formula is C10H18N2O3. The molecule has 0 saturated carbocycles. The Balaban J connectivity index is 1.98. The van der Waals surface area contributed by atoms with E-state index in [0.29, 0.717) is 32.5 Å². The third-order valence-corrected chi connectivity index (χ3v) is 3.31. The van der Waals surface area contributed by atoms with Gasteiger partial charge in [0.15, 0.2) is 0 Å². The average molecular weight is 214 g/mol. The van der Waals surface area contributed by atoms with Crippen molar-refractivity contribution in [2.45, 2.75) is 31.0 Å². The second-order valence-electron chi connectivity index (χ2n) is 4.45. The molecule has 0 radical (unpaired) electrons. The number of carbonyl (C=O) groups excluding carboxylic acids is 1. The molecule has 5 nitrogen and oxygen atoms in total. The minimum absolute atomic E-state index is 0.0319. The summed E-state index contributed by atoms with van der Waals surface area (Å²) in [6.07, 6.45) is 1.87. The van der Waals surface area contributed by atoms with Crippen LogP contribution in [0.5, 0.6) is 0 Å². The van der Waals surface area contributed by atoms with Crippen LogP contribution in [-0.4, -0.2) is 53.9 Å². The highest BCUT2D eigenvalue weighted by Crippen LogP contribution is 2.34. The minimum Gasteiger partial charge on any atom is -0.393 e. The first-order valence-corrected chi connectivity index (χ1v) is 5.45. The Morgan fingerprint density at radius 1 is 1.67 bits per heavy atom. The molecule has 0 aromatic carbocycles. The monoisotopic (exact) mass is 214 g/mol. The average Bonchev–Trinajstić information content (AvgIpc) is 2.60. The van der Waals surface area contributed by atoms with E-state index in [0.717, 1.165) is 6.42 Å². The molecule has 2 aliphatic heterocycles. The Kier molecular flexibility index (Phi) is 2.95. The molecule has 3 N–H and O–H groups in total. The molecule has 2 saturated heterocycles. The van der Waals surface area contributed by atoms with E-state index in [-0.39, 0.29) is 24.2 Å². The second-order valence-corrected chi connectivity index (χ2v) is 4.45. The van der Waals surface area contributed by atoms with E-state index in [1.165, 1.54) is 0 Å². The van der Waals surface area contributed by atoms with E-state index < -0.39 is 0 Å². The number of hydrogen-bond donors (Lipinski definition) is 2. The van der Waals surface area contributed by atoms with Crippen LogP contribution in [0.4, 0.5) is 0 Å². The maximum atomic E-state index is 11.4. The number of rotatable bonds is 1. The Hall–Kier alpha value is -0.650. The van der Waals surface area contributed by atoms with E-state index in [4.69, 9.17) is 10.5 Å². The van der Waals surface area contributed by atoms with Gasteiger partial charge in [0.2, 0.25) is 5.91 Å². The van der Waals surface area contributed by atoms with Crippen LogP contribution >= 0.6 is 0 Å². The minimum atomic E-state index is -0.303. The van der Waals surface area contributed by atoms with Crippen molar-refractivity contribution < 1.29 is 14.6 Å². The normalized spacial score (nSPS) is 36.1. The summed E-state index contributed by atoms with van der Waals surface area (Å²) in [5.74, 6) is -0.0319. The Bertz CT molecular complexity index is 259. The smallest absolute Gasteiger partial charge is 0.236 e. The summed E-state index contributed by atoms with van der Waals surface area (Å²) in [7, 11) is 0. The number of aliphatic hydroxyl groups excluding tert-OH is 1.